The number of amides is 1. The van der Waals surface area contributed by atoms with E-state index in [4.69, 9.17) is 5.11 Å². The SMILES string of the molecule is CC(=O)N1CCCCC1C(O)C(=O)O. The van der Waals surface area contributed by atoms with Gasteiger partial charge in [0.05, 0.1) is 6.04 Å². The summed E-state index contributed by atoms with van der Waals surface area (Å²) in [5, 5.41) is 18.0. The first-order chi connectivity index (χ1) is 6.54. The molecule has 1 rings (SSSR count). The highest BCUT2D eigenvalue weighted by Gasteiger charge is 2.34. The van der Waals surface area contributed by atoms with Gasteiger partial charge in [0, 0.05) is 13.5 Å². The molecule has 1 fully saturated rings. The normalized spacial score (nSPS) is 24.4. The standard InChI is InChI=1S/C9H15NO4/c1-6(11)10-5-3-2-4-7(10)8(12)9(13)14/h7-8,12H,2-5H2,1H3,(H,13,14). The van der Waals surface area contributed by atoms with E-state index in [0.29, 0.717) is 13.0 Å². The van der Waals surface area contributed by atoms with E-state index in [9.17, 15) is 14.7 Å². The van der Waals surface area contributed by atoms with Crippen LogP contribution in [0.5, 0.6) is 0 Å². The van der Waals surface area contributed by atoms with Crippen molar-refractivity contribution < 1.29 is 19.8 Å². The van der Waals surface area contributed by atoms with Gasteiger partial charge in [0.15, 0.2) is 6.10 Å². The van der Waals surface area contributed by atoms with Gasteiger partial charge in [-0.15, -0.1) is 0 Å². The van der Waals surface area contributed by atoms with Crippen molar-refractivity contribution in [2.45, 2.75) is 38.3 Å². The Hall–Kier alpha value is -1.10. The maximum Gasteiger partial charge on any atom is 0.334 e. The number of aliphatic hydroxyl groups is 1. The van der Waals surface area contributed by atoms with E-state index in [0.717, 1.165) is 12.8 Å². The predicted molar refractivity (Wildman–Crippen MR) is 48.7 cm³/mol. The molecule has 0 aromatic rings. The van der Waals surface area contributed by atoms with Crippen molar-refractivity contribution in [3.05, 3.63) is 0 Å². The van der Waals surface area contributed by atoms with Crippen LogP contribution in [0.2, 0.25) is 0 Å². The zero-order chi connectivity index (χ0) is 10.7. The van der Waals surface area contributed by atoms with Gasteiger partial charge in [-0.25, -0.2) is 4.79 Å². The molecule has 0 aliphatic carbocycles. The molecule has 1 amide bonds. The summed E-state index contributed by atoms with van der Waals surface area (Å²) in [4.78, 5) is 23.2. The molecule has 1 heterocycles. The Bertz CT molecular complexity index is 241. The molecule has 80 valence electrons. The average Bonchev–Trinajstić information content (AvgIpc) is 2.16. The number of carboxylic acids is 1. The minimum Gasteiger partial charge on any atom is -0.479 e. The highest BCUT2D eigenvalue weighted by Crippen LogP contribution is 2.20. The molecule has 0 saturated carbocycles. The molecule has 0 radical (unpaired) electrons. The lowest BCUT2D eigenvalue weighted by atomic mass is 9.97. The lowest BCUT2D eigenvalue weighted by molar-refractivity contribution is -0.154. The van der Waals surface area contributed by atoms with Gasteiger partial charge in [0.2, 0.25) is 5.91 Å². The second-order valence-corrected chi connectivity index (χ2v) is 3.56. The number of likely N-dealkylation sites (tertiary alicyclic amines) is 1. The first-order valence-electron chi connectivity index (χ1n) is 4.72. The van der Waals surface area contributed by atoms with Gasteiger partial charge in [0.1, 0.15) is 0 Å². The molecule has 1 saturated heterocycles. The molecule has 14 heavy (non-hydrogen) atoms. The first-order valence-corrected chi connectivity index (χ1v) is 4.72. The van der Waals surface area contributed by atoms with E-state index in [1.54, 1.807) is 0 Å². The minimum atomic E-state index is -1.46. The zero-order valence-corrected chi connectivity index (χ0v) is 8.14. The molecule has 1 aliphatic heterocycles. The largest absolute Gasteiger partial charge is 0.479 e. The summed E-state index contributed by atoms with van der Waals surface area (Å²) < 4.78 is 0. The third-order valence-corrected chi connectivity index (χ3v) is 2.57. The number of nitrogens with zero attached hydrogens (tertiary/aromatic N) is 1. The topological polar surface area (TPSA) is 77.8 Å². The fourth-order valence-electron chi connectivity index (χ4n) is 1.84. The molecule has 2 atom stereocenters. The predicted octanol–water partition coefficient (Wildman–Crippen LogP) is -0.167. The van der Waals surface area contributed by atoms with E-state index >= 15 is 0 Å². The molecule has 1 aliphatic rings. The summed E-state index contributed by atoms with van der Waals surface area (Å²) in [7, 11) is 0. The van der Waals surface area contributed by atoms with Crippen LogP contribution in [0.1, 0.15) is 26.2 Å². The summed E-state index contributed by atoms with van der Waals surface area (Å²) in [5.74, 6) is -1.43. The van der Waals surface area contributed by atoms with Gasteiger partial charge in [-0.1, -0.05) is 0 Å². The van der Waals surface area contributed by atoms with Crippen molar-refractivity contribution in [1.82, 2.24) is 4.90 Å². The highest BCUT2D eigenvalue weighted by atomic mass is 16.4. The Morgan fingerprint density at radius 1 is 1.43 bits per heavy atom. The van der Waals surface area contributed by atoms with Crippen LogP contribution in [-0.4, -0.2) is 45.7 Å². The zero-order valence-electron chi connectivity index (χ0n) is 8.14. The van der Waals surface area contributed by atoms with E-state index in [2.05, 4.69) is 0 Å². The fourth-order valence-corrected chi connectivity index (χ4v) is 1.84. The number of piperidine rings is 1. The number of hydrogen-bond donors (Lipinski definition) is 2. The van der Waals surface area contributed by atoms with Crippen LogP contribution >= 0.6 is 0 Å². The smallest absolute Gasteiger partial charge is 0.334 e. The first kappa shape index (κ1) is 11.0. The maximum atomic E-state index is 11.2. The molecule has 2 N–H and O–H groups in total. The van der Waals surface area contributed by atoms with Crippen molar-refractivity contribution >= 4 is 11.9 Å². The molecule has 0 aromatic carbocycles. The van der Waals surface area contributed by atoms with E-state index < -0.39 is 18.1 Å². The van der Waals surface area contributed by atoms with Gasteiger partial charge in [-0.3, -0.25) is 4.79 Å². The van der Waals surface area contributed by atoms with Crippen molar-refractivity contribution in [3.8, 4) is 0 Å². The Balaban J connectivity index is 2.72. The third-order valence-electron chi connectivity index (χ3n) is 2.57. The molecule has 2 unspecified atom stereocenters. The number of carboxylic acid groups (broad SMARTS) is 1. The molecule has 5 heteroatoms. The number of rotatable bonds is 2. The van der Waals surface area contributed by atoms with Crippen molar-refractivity contribution in [2.24, 2.45) is 0 Å². The average molecular weight is 201 g/mol. The van der Waals surface area contributed by atoms with E-state index in [1.807, 2.05) is 0 Å². The van der Waals surface area contributed by atoms with Gasteiger partial charge >= 0.3 is 5.97 Å². The second-order valence-electron chi connectivity index (χ2n) is 3.56. The third kappa shape index (κ3) is 2.23. The van der Waals surface area contributed by atoms with Crippen LogP contribution in [0.25, 0.3) is 0 Å². The van der Waals surface area contributed by atoms with Crippen LogP contribution in [0.3, 0.4) is 0 Å². The second kappa shape index (κ2) is 4.41. The van der Waals surface area contributed by atoms with Gasteiger partial charge in [-0.05, 0) is 19.3 Å². The molecular weight excluding hydrogens is 186 g/mol. The maximum absolute atomic E-state index is 11.2. The van der Waals surface area contributed by atoms with Crippen LogP contribution < -0.4 is 0 Å². The summed E-state index contributed by atoms with van der Waals surface area (Å²) in [6, 6.07) is -0.557. The van der Waals surface area contributed by atoms with Crippen LogP contribution in [0, 0.1) is 0 Å². The molecule has 5 nitrogen and oxygen atoms in total. The lowest BCUT2D eigenvalue weighted by Crippen LogP contribution is -2.51. The molecular formula is C9H15NO4. The Labute approximate surface area is 82.3 Å². The summed E-state index contributed by atoms with van der Waals surface area (Å²) >= 11 is 0. The monoisotopic (exact) mass is 201 g/mol. The fraction of sp³-hybridized carbons (Fsp3) is 0.778. The van der Waals surface area contributed by atoms with Gasteiger partial charge in [0.25, 0.3) is 0 Å². The summed E-state index contributed by atoms with van der Waals surface area (Å²) in [5.41, 5.74) is 0. The molecule has 0 spiro atoms. The molecule has 0 bridgehead atoms. The quantitative estimate of drug-likeness (QED) is 0.650. The Morgan fingerprint density at radius 3 is 2.57 bits per heavy atom. The lowest BCUT2D eigenvalue weighted by Gasteiger charge is -2.36. The van der Waals surface area contributed by atoms with Gasteiger partial charge in [-0.2, -0.15) is 0 Å². The summed E-state index contributed by atoms with van der Waals surface area (Å²) in [6.07, 6.45) is 0.841. The van der Waals surface area contributed by atoms with Crippen LogP contribution in [-0.2, 0) is 9.59 Å². The van der Waals surface area contributed by atoms with Gasteiger partial charge < -0.3 is 15.1 Å². The summed E-state index contributed by atoms with van der Waals surface area (Å²) in [6.45, 7) is 1.94. The Kier molecular flexibility index (Phi) is 3.46. The number of hydrogen-bond acceptors (Lipinski definition) is 3. The van der Waals surface area contributed by atoms with Crippen LogP contribution in [0.15, 0.2) is 0 Å². The number of aliphatic carboxylic acids is 1. The Morgan fingerprint density at radius 2 is 2.07 bits per heavy atom. The van der Waals surface area contributed by atoms with E-state index in [1.165, 1.54) is 11.8 Å². The minimum absolute atomic E-state index is 0.171. The highest BCUT2D eigenvalue weighted by molar-refractivity contribution is 5.77. The van der Waals surface area contributed by atoms with Crippen molar-refractivity contribution in [1.29, 1.82) is 0 Å². The van der Waals surface area contributed by atoms with Crippen molar-refractivity contribution in [3.63, 3.8) is 0 Å². The number of carbonyl (C=O) groups excluding carboxylic acids is 1. The molecule has 0 aromatic heterocycles. The van der Waals surface area contributed by atoms with Crippen LogP contribution in [0.4, 0.5) is 0 Å². The number of carbonyl (C=O) groups is 2. The van der Waals surface area contributed by atoms with E-state index in [-0.39, 0.29) is 5.91 Å². The van der Waals surface area contributed by atoms with Crippen molar-refractivity contribution in [2.75, 3.05) is 6.54 Å². The number of aliphatic hydroxyl groups excluding tert-OH is 1.